The van der Waals surface area contributed by atoms with Crippen molar-refractivity contribution in [3.63, 3.8) is 0 Å². The van der Waals surface area contributed by atoms with Crippen LogP contribution >= 0.6 is 0 Å². The molecule has 0 bridgehead atoms. The Balaban J connectivity index is 1.97. The number of hydrogen-bond acceptors (Lipinski definition) is 3. The van der Waals surface area contributed by atoms with Crippen molar-refractivity contribution >= 4 is 11.7 Å². The molecule has 0 radical (unpaired) electrons. The zero-order valence-electron chi connectivity index (χ0n) is 10.9. The van der Waals surface area contributed by atoms with E-state index < -0.39 is 0 Å². The molecule has 1 amide bonds. The minimum Gasteiger partial charge on any atom is -0.373 e. The summed E-state index contributed by atoms with van der Waals surface area (Å²) in [6.07, 6.45) is 8.92. The number of nitrogens with one attached hydrogen (secondary N) is 2. The van der Waals surface area contributed by atoms with Gasteiger partial charge < -0.3 is 10.6 Å². The third kappa shape index (κ3) is 3.45. The number of carbonyl (C=O) groups is 1. The molecule has 1 aromatic rings. The van der Waals surface area contributed by atoms with E-state index in [-0.39, 0.29) is 5.91 Å². The average molecular weight is 247 g/mol. The van der Waals surface area contributed by atoms with Gasteiger partial charge in [-0.1, -0.05) is 25.7 Å². The minimum atomic E-state index is 0.0146. The van der Waals surface area contributed by atoms with E-state index in [1.54, 1.807) is 25.4 Å². The van der Waals surface area contributed by atoms with Crippen molar-refractivity contribution in [1.29, 1.82) is 0 Å². The molecule has 1 saturated carbocycles. The molecule has 0 unspecified atom stereocenters. The number of nitrogens with zero attached hydrogens (tertiary/aromatic N) is 1. The quantitative estimate of drug-likeness (QED) is 0.807. The van der Waals surface area contributed by atoms with Crippen LogP contribution in [0.25, 0.3) is 0 Å². The number of carbonyl (C=O) groups excluding carboxylic acids is 1. The van der Waals surface area contributed by atoms with E-state index in [4.69, 9.17) is 0 Å². The summed E-state index contributed by atoms with van der Waals surface area (Å²) in [6.45, 7) is 0. The van der Waals surface area contributed by atoms with Crippen LogP contribution in [0.15, 0.2) is 18.3 Å². The summed E-state index contributed by atoms with van der Waals surface area (Å²) in [5, 5.41) is 6.08. The molecule has 2 N–H and O–H groups in total. The molecule has 18 heavy (non-hydrogen) atoms. The number of amides is 1. The first-order valence-corrected chi connectivity index (χ1v) is 6.74. The Kier molecular flexibility index (Phi) is 4.56. The topological polar surface area (TPSA) is 54.0 Å². The lowest BCUT2D eigenvalue weighted by molar-refractivity contribution is 0.0933. The van der Waals surface area contributed by atoms with Crippen LogP contribution in [0.5, 0.6) is 0 Å². The van der Waals surface area contributed by atoms with Gasteiger partial charge in [-0.15, -0.1) is 0 Å². The number of aromatic nitrogens is 1. The molecule has 98 valence electrons. The molecule has 0 atom stereocenters. The molecule has 0 spiro atoms. The van der Waals surface area contributed by atoms with Crippen LogP contribution in [-0.2, 0) is 0 Å². The first-order chi connectivity index (χ1) is 8.79. The molecule has 1 fully saturated rings. The monoisotopic (exact) mass is 247 g/mol. The minimum absolute atomic E-state index is 0.0146. The number of hydrogen-bond donors (Lipinski definition) is 2. The summed E-state index contributed by atoms with van der Waals surface area (Å²) < 4.78 is 0. The lowest BCUT2D eigenvalue weighted by atomic mass is 10.1. The summed E-state index contributed by atoms with van der Waals surface area (Å²) in [6, 6.07) is 3.88. The number of anilines is 1. The fraction of sp³-hybridized carbons (Fsp3) is 0.571. The number of rotatable bonds is 3. The van der Waals surface area contributed by atoms with Gasteiger partial charge in [-0.2, -0.15) is 0 Å². The van der Waals surface area contributed by atoms with Crippen molar-refractivity contribution in [2.75, 3.05) is 12.4 Å². The largest absolute Gasteiger partial charge is 0.373 e. The van der Waals surface area contributed by atoms with Gasteiger partial charge in [0.05, 0.1) is 0 Å². The van der Waals surface area contributed by atoms with E-state index in [1.807, 2.05) is 0 Å². The van der Waals surface area contributed by atoms with Gasteiger partial charge in [0.1, 0.15) is 5.82 Å². The maximum Gasteiger partial charge on any atom is 0.251 e. The Morgan fingerprint density at radius 1 is 1.28 bits per heavy atom. The van der Waals surface area contributed by atoms with Crippen molar-refractivity contribution in [2.45, 2.75) is 44.6 Å². The fourth-order valence-corrected chi connectivity index (χ4v) is 2.40. The van der Waals surface area contributed by atoms with Crippen LogP contribution in [0, 0.1) is 0 Å². The van der Waals surface area contributed by atoms with E-state index in [9.17, 15) is 4.79 Å². The van der Waals surface area contributed by atoms with Gasteiger partial charge in [0.25, 0.3) is 5.91 Å². The lowest BCUT2D eigenvalue weighted by Gasteiger charge is -2.16. The molecule has 0 saturated heterocycles. The summed E-state index contributed by atoms with van der Waals surface area (Å²) >= 11 is 0. The van der Waals surface area contributed by atoms with E-state index in [1.165, 1.54) is 25.7 Å². The van der Waals surface area contributed by atoms with E-state index in [0.29, 0.717) is 11.6 Å². The first kappa shape index (κ1) is 12.9. The highest BCUT2D eigenvalue weighted by Crippen LogP contribution is 2.17. The Hall–Kier alpha value is -1.58. The Morgan fingerprint density at radius 2 is 2.00 bits per heavy atom. The van der Waals surface area contributed by atoms with Crippen molar-refractivity contribution in [3.8, 4) is 0 Å². The van der Waals surface area contributed by atoms with Gasteiger partial charge in [0.2, 0.25) is 0 Å². The Labute approximate surface area is 108 Å². The van der Waals surface area contributed by atoms with Gasteiger partial charge in [0, 0.05) is 24.8 Å². The smallest absolute Gasteiger partial charge is 0.251 e. The Bertz CT molecular complexity index is 398. The summed E-state index contributed by atoms with van der Waals surface area (Å²) in [4.78, 5) is 16.2. The predicted octanol–water partition coefficient (Wildman–Crippen LogP) is 2.58. The number of pyridine rings is 1. The van der Waals surface area contributed by atoms with Crippen LogP contribution in [0.4, 0.5) is 5.82 Å². The highest BCUT2D eigenvalue weighted by Gasteiger charge is 2.15. The lowest BCUT2D eigenvalue weighted by Crippen LogP contribution is -2.34. The molecular weight excluding hydrogens is 226 g/mol. The third-order valence-electron chi connectivity index (χ3n) is 3.47. The molecular formula is C14H21N3O. The molecule has 2 rings (SSSR count). The van der Waals surface area contributed by atoms with Crippen LogP contribution in [0.1, 0.15) is 48.9 Å². The normalized spacial score (nSPS) is 16.9. The maximum atomic E-state index is 12.1. The summed E-state index contributed by atoms with van der Waals surface area (Å²) in [5.74, 6) is 0.740. The zero-order chi connectivity index (χ0) is 12.8. The second kappa shape index (κ2) is 6.38. The van der Waals surface area contributed by atoms with Gasteiger partial charge >= 0.3 is 0 Å². The van der Waals surface area contributed by atoms with Gasteiger partial charge in [-0.05, 0) is 25.0 Å². The van der Waals surface area contributed by atoms with Crippen LogP contribution in [0.3, 0.4) is 0 Å². The highest BCUT2D eigenvalue weighted by atomic mass is 16.1. The molecule has 0 aliphatic heterocycles. The average Bonchev–Trinajstić information content (AvgIpc) is 2.67. The van der Waals surface area contributed by atoms with E-state index >= 15 is 0 Å². The van der Waals surface area contributed by atoms with Crippen LogP contribution in [-0.4, -0.2) is 24.0 Å². The molecule has 1 aromatic heterocycles. The van der Waals surface area contributed by atoms with E-state index in [2.05, 4.69) is 15.6 Å². The van der Waals surface area contributed by atoms with Crippen molar-refractivity contribution < 1.29 is 4.79 Å². The standard InChI is InChI=1S/C14H21N3O/c1-15-13-10-11(8-9-16-13)14(18)17-12-6-4-2-3-5-7-12/h8-10,12H,2-7H2,1H3,(H,15,16)(H,17,18). The molecule has 4 nitrogen and oxygen atoms in total. The molecule has 4 heteroatoms. The molecule has 0 aromatic carbocycles. The second-order valence-electron chi connectivity index (χ2n) is 4.84. The second-order valence-corrected chi connectivity index (χ2v) is 4.84. The van der Waals surface area contributed by atoms with Gasteiger partial charge in [-0.3, -0.25) is 4.79 Å². The van der Waals surface area contributed by atoms with Crippen molar-refractivity contribution in [3.05, 3.63) is 23.9 Å². The predicted molar refractivity (Wildman–Crippen MR) is 72.7 cm³/mol. The SMILES string of the molecule is CNc1cc(C(=O)NC2CCCCCC2)ccn1. The van der Waals surface area contributed by atoms with Crippen LogP contribution < -0.4 is 10.6 Å². The van der Waals surface area contributed by atoms with Crippen molar-refractivity contribution in [1.82, 2.24) is 10.3 Å². The molecule has 1 aliphatic carbocycles. The highest BCUT2D eigenvalue weighted by molar-refractivity contribution is 5.94. The molecule has 1 heterocycles. The van der Waals surface area contributed by atoms with E-state index in [0.717, 1.165) is 18.7 Å². The maximum absolute atomic E-state index is 12.1. The van der Waals surface area contributed by atoms with Gasteiger partial charge in [0.15, 0.2) is 0 Å². The van der Waals surface area contributed by atoms with Crippen LogP contribution in [0.2, 0.25) is 0 Å². The van der Waals surface area contributed by atoms with Crippen molar-refractivity contribution in [2.24, 2.45) is 0 Å². The van der Waals surface area contributed by atoms with Gasteiger partial charge in [-0.25, -0.2) is 4.98 Å². The molecule has 1 aliphatic rings. The summed E-state index contributed by atoms with van der Waals surface area (Å²) in [7, 11) is 1.80. The summed E-state index contributed by atoms with van der Waals surface area (Å²) in [5.41, 5.74) is 0.679. The fourth-order valence-electron chi connectivity index (χ4n) is 2.40. The third-order valence-corrected chi connectivity index (χ3v) is 3.47. The Morgan fingerprint density at radius 3 is 2.67 bits per heavy atom. The first-order valence-electron chi connectivity index (χ1n) is 6.74. The zero-order valence-corrected chi connectivity index (χ0v) is 10.9.